The van der Waals surface area contributed by atoms with Crippen LogP contribution in [0.3, 0.4) is 0 Å². The molecule has 0 amide bonds. The number of rotatable bonds is 12. The number of carbonyl (C=O) groups excluding carboxylic acids is 2. The highest BCUT2D eigenvalue weighted by molar-refractivity contribution is 8.13. The lowest BCUT2D eigenvalue weighted by Crippen LogP contribution is -2.41. The van der Waals surface area contributed by atoms with Gasteiger partial charge in [0.1, 0.15) is 18.2 Å². The molecule has 5 atom stereocenters. The Hall–Kier alpha value is -0.800. The number of carbonyl (C=O) groups is 2. The standard InChI is InChI=1S/C22H34Cl2N3O9PS2/c1-12(2)35-17(30)13(3)26-37(38,33-9-10-39-19(31)21(4,5)6)34-11-14-16(29)22(23,24)18(36-14)27-8-7-15(28)25-20(27)32/h7-8,12-14,16,18,29H,9-11H2,1-6H3,(H,26,38)(H,25,28,32)/t13-,14-,16-,18-,37-/m1/s1. The maximum atomic E-state index is 12.4. The zero-order chi connectivity index (χ0) is 29.8. The van der Waals surface area contributed by atoms with Gasteiger partial charge < -0.3 is 23.6 Å². The van der Waals surface area contributed by atoms with Gasteiger partial charge in [-0.1, -0.05) is 55.7 Å². The molecule has 17 heteroatoms. The molecule has 12 nitrogen and oxygen atoms in total. The van der Waals surface area contributed by atoms with E-state index in [-0.39, 0.29) is 30.2 Å². The molecular formula is C22H34Cl2N3O9PS2. The molecule has 1 aromatic rings. The van der Waals surface area contributed by atoms with Gasteiger partial charge in [0.15, 0.2) is 15.7 Å². The summed E-state index contributed by atoms with van der Waals surface area (Å²) in [6.45, 7) is 6.52. The van der Waals surface area contributed by atoms with Crippen molar-refractivity contribution < 1.29 is 33.2 Å². The van der Waals surface area contributed by atoms with Gasteiger partial charge in [-0.05, 0) is 32.6 Å². The van der Waals surface area contributed by atoms with Crippen molar-refractivity contribution in [1.82, 2.24) is 14.6 Å². The first-order valence-electron chi connectivity index (χ1n) is 11.9. The molecule has 2 rings (SSSR count). The first-order valence-corrected chi connectivity index (χ1v) is 16.3. The van der Waals surface area contributed by atoms with Crippen molar-refractivity contribution in [3.63, 3.8) is 0 Å². The molecule has 0 radical (unpaired) electrons. The third-order valence-electron chi connectivity index (χ3n) is 5.14. The monoisotopic (exact) mass is 649 g/mol. The fourth-order valence-corrected chi connectivity index (χ4v) is 7.00. The number of esters is 1. The Bertz CT molecular complexity index is 1190. The first-order chi connectivity index (χ1) is 17.9. The molecule has 2 heterocycles. The normalized spacial score (nSPS) is 23.4. The maximum absolute atomic E-state index is 12.4. The van der Waals surface area contributed by atoms with Crippen LogP contribution in [0.2, 0.25) is 0 Å². The zero-order valence-electron chi connectivity index (χ0n) is 22.3. The summed E-state index contributed by atoms with van der Waals surface area (Å²) in [4.78, 5) is 50.3. The van der Waals surface area contributed by atoms with E-state index in [9.17, 15) is 24.3 Å². The van der Waals surface area contributed by atoms with Gasteiger partial charge in [-0.3, -0.25) is 23.9 Å². The molecule has 0 unspecified atom stereocenters. The lowest BCUT2D eigenvalue weighted by atomic mass is 10.00. The summed E-state index contributed by atoms with van der Waals surface area (Å²) >= 11 is 19.4. The molecule has 0 bridgehead atoms. The number of aliphatic hydroxyl groups is 1. The molecule has 0 spiro atoms. The molecule has 3 N–H and O–H groups in total. The Morgan fingerprint density at radius 2 is 1.95 bits per heavy atom. The van der Waals surface area contributed by atoms with Gasteiger partial charge in [-0.15, -0.1) is 0 Å². The number of ether oxygens (including phenoxy) is 2. The Morgan fingerprint density at radius 3 is 2.51 bits per heavy atom. The van der Waals surface area contributed by atoms with Crippen molar-refractivity contribution in [3.8, 4) is 0 Å². The number of nitrogens with one attached hydrogen (secondary N) is 2. The highest BCUT2D eigenvalue weighted by Gasteiger charge is 2.56. The number of halogens is 2. The molecule has 1 aromatic heterocycles. The molecule has 0 aromatic carbocycles. The lowest BCUT2D eigenvalue weighted by molar-refractivity contribution is -0.149. The van der Waals surface area contributed by atoms with E-state index in [4.69, 9.17) is 53.5 Å². The van der Waals surface area contributed by atoms with Crippen LogP contribution in [-0.4, -0.2) is 73.4 Å². The van der Waals surface area contributed by atoms with E-state index in [0.29, 0.717) is 0 Å². The molecule has 39 heavy (non-hydrogen) atoms. The van der Waals surface area contributed by atoms with E-state index in [1.54, 1.807) is 34.6 Å². The largest absolute Gasteiger partial charge is 0.462 e. The topological polar surface area (TPSA) is 158 Å². The average Bonchev–Trinajstić information content (AvgIpc) is 3.03. The number of H-pyrrole nitrogens is 1. The summed E-state index contributed by atoms with van der Waals surface area (Å²) in [6.07, 6.45) is -3.32. The second kappa shape index (κ2) is 13.9. The van der Waals surface area contributed by atoms with E-state index in [1.165, 1.54) is 6.92 Å². The van der Waals surface area contributed by atoms with Crippen LogP contribution in [0.4, 0.5) is 0 Å². The minimum absolute atomic E-state index is 0.0150. The minimum atomic E-state index is -3.44. The number of hydrogen-bond donors (Lipinski definition) is 3. The van der Waals surface area contributed by atoms with E-state index in [0.717, 1.165) is 28.6 Å². The van der Waals surface area contributed by atoms with Gasteiger partial charge in [0, 0.05) is 23.4 Å². The Kier molecular flexibility index (Phi) is 12.3. The number of alkyl halides is 2. The Morgan fingerprint density at radius 1 is 1.31 bits per heavy atom. The van der Waals surface area contributed by atoms with Crippen LogP contribution in [0.25, 0.3) is 0 Å². The van der Waals surface area contributed by atoms with Crippen molar-refractivity contribution in [1.29, 1.82) is 0 Å². The summed E-state index contributed by atoms with van der Waals surface area (Å²) in [5.41, 5.74) is -2.02. The number of aliphatic hydroxyl groups excluding tert-OH is 1. The van der Waals surface area contributed by atoms with Crippen molar-refractivity contribution in [2.24, 2.45) is 5.41 Å². The molecular weight excluding hydrogens is 616 g/mol. The summed E-state index contributed by atoms with van der Waals surface area (Å²) in [7, 11) is 0. The van der Waals surface area contributed by atoms with Crippen molar-refractivity contribution in [2.75, 3.05) is 19.0 Å². The van der Waals surface area contributed by atoms with Gasteiger partial charge >= 0.3 is 11.7 Å². The summed E-state index contributed by atoms with van der Waals surface area (Å²) in [6, 6.07) is 0.159. The fraction of sp³-hybridized carbons (Fsp3) is 0.727. The van der Waals surface area contributed by atoms with Crippen LogP contribution in [0.5, 0.6) is 0 Å². The van der Waals surface area contributed by atoms with Crippen molar-refractivity contribution in [2.45, 2.75) is 76.5 Å². The summed E-state index contributed by atoms with van der Waals surface area (Å²) < 4.78 is 21.6. The summed E-state index contributed by atoms with van der Waals surface area (Å²) in [5, 5.41) is 13.6. The van der Waals surface area contributed by atoms with E-state index >= 15 is 0 Å². The quantitative estimate of drug-likeness (QED) is 0.132. The molecule has 1 aliphatic heterocycles. The van der Waals surface area contributed by atoms with E-state index in [2.05, 4.69) is 10.1 Å². The van der Waals surface area contributed by atoms with Crippen LogP contribution >= 0.6 is 41.6 Å². The third-order valence-corrected chi connectivity index (χ3v) is 9.87. The Labute approximate surface area is 245 Å². The second-order valence-corrected chi connectivity index (χ2v) is 15.7. The SMILES string of the molecule is CC(C)OC(=O)[C@@H](C)N[P@@](=S)(OCCSC(=O)C(C)(C)C)OC[C@H]1O[C@@H](n2ccc(=O)[nH]c2=O)C(Cl)(Cl)[C@@H]1O. The number of thioether (sulfide) groups is 1. The van der Waals surface area contributed by atoms with Crippen molar-refractivity contribution >= 4 is 64.5 Å². The Balaban J connectivity index is 2.16. The van der Waals surface area contributed by atoms with E-state index in [1.807, 2.05) is 0 Å². The average molecular weight is 651 g/mol. The minimum Gasteiger partial charge on any atom is -0.462 e. The smallest absolute Gasteiger partial charge is 0.330 e. The van der Waals surface area contributed by atoms with Gasteiger partial charge in [0.2, 0.25) is 0 Å². The van der Waals surface area contributed by atoms with Gasteiger partial charge in [-0.2, -0.15) is 0 Å². The van der Waals surface area contributed by atoms with Gasteiger partial charge in [0.25, 0.3) is 12.2 Å². The molecule has 1 saturated heterocycles. The predicted octanol–water partition coefficient (Wildman–Crippen LogP) is 2.46. The number of aromatic nitrogens is 2. The second-order valence-electron chi connectivity index (χ2n) is 10.0. The zero-order valence-corrected chi connectivity index (χ0v) is 26.4. The predicted molar refractivity (Wildman–Crippen MR) is 153 cm³/mol. The first kappa shape index (κ1) is 34.4. The van der Waals surface area contributed by atoms with Crippen LogP contribution in [0.1, 0.15) is 47.8 Å². The maximum Gasteiger partial charge on any atom is 0.330 e. The highest BCUT2D eigenvalue weighted by Crippen LogP contribution is 2.49. The van der Waals surface area contributed by atoms with Crippen LogP contribution in [0.15, 0.2) is 21.9 Å². The van der Waals surface area contributed by atoms with Gasteiger partial charge in [-0.25, -0.2) is 9.88 Å². The summed E-state index contributed by atoms with van der Waals surface area (Å²) in [5.74, 6) is -0.310. The molecule has 222 valence electrons. The number of aromatic amines is 1. The molecule has 0 aliphatic carbocycles. The third kappa shape index (κ3) is 9.63. The molecule has 0 saturated carbocycles. The van der Waals surface area contributed by atoms with Crippen LogP contribution in [-0.2, 0) is 39.9 Å². The highest BCUT2D eigenvalue weighted by atomic mass is 35.5. The number of hydrogen-bond acceptors (Lipinski definition) is 11. The lowest BCUT2D eigenvalue weighted by Gasteiger charge is -2.28. The van der Waals surface area contributed by atoms with Crippen LogP contribution < -0.4 is 16.3 Å². The molecule has 1 fully saturated rings. The van der Waals surface area contributed by atoms with Crippen molar-refractivity contribution in [3.05, 3.63) is 33.1 Å². The van der Waals surface area contributed by atoms with Crippen LogP contribution in [0, 0.1) is 5.41 Å². The number of nitrogens with zero attached hydrogens (tertiary/aromatic N) is 1. The van der Waals surface area contributed by atoms with Gasteiger partial charge in [0.05, 0.1) is 19.3 Å². The molecule has 1 aliphatic rings. The fourth-order valence-electron chi connectivity index (χ4n) is 3.13. The van der Waals surface area contributed by atoms with E-state index < -0.39 is 58.1 Å².